The highest BCUT2D eigenvalue weighted by Gasteiger charge is 2.16. The number of hydrogen-bond donors (Lipinski definition) is 0. The van der Waals surface area contributed by atoms with Gasteiger partial charge in [-0.15, -0.1) is 0 Å². The van der Waals surface area contributed by atoms with Gasteiger partial charge >= 0.3 is 5.97 Å². The average molecular weight is 250 g/mol. The van der Waals surface area contributed by atoms with Gasteiger partial charge in [-0.3, -0.25) is 0 Å². The first-order valence-corrected chi connectivity index (χ1v) is 6.33. The van der Waals surface area contributed by atoms with Crippen LogP contribution in [0.3, 0.4) is 0 Å². The molecular weight excluding hydrogens is 236 g/mol. The molecule has 3 rings (SSSR count). The Balaban J connectivity index is 1.86. The van der Waals surface area contributed by atoms with Crippen LogP contribution in [0.5, 0.6) is 0 Å². The maximum atomic E-state index is 11.4. The molecule has 0 bridgehead atoms. The SMILES string of the molecule is O=C1OCC=C1Cc1cccc(-c2ccccc2)c1. The molecule has 2 aromatic rings. The van der Waals surface area contributed by atoms with Gasteiger partial charge in [0.05, 0.1) is 0 Å². The molecule has 94 valence electrons. The van der Waals surface area contributed by atoms with E-state index >= 15 is 0 Å². The fourth-order valence-corrected chi connectivity index (χ4v) is 2.25. The van der Waals surface area contributed by atoms with Crippen molar-refractivity contribution in [2.75, 3.05) is 6.61 Å². The fraction of sp³-hybridized carbons (Fsp3) is 0.118. The lowest BCUT2D eigenvalue weighted by molar-refractivity contribution is -0.136. The summed E-state index contributed by atoms with van der Waals surface area (Å²) in [5, 5.41) is 0. The van der Waals surface area contributed by atoms with Crippen molar-refractivity contribution < 1.29 is 9.53 Å². The third kappa shape index (κ3) is 2.58. The minimum atomic E-state index is -0.190. The molecule has 0 saturated carbocycles. The largest absolute Gasteiger partial charge is 0.458 e. The summed E-state index contributed by atoms with van der Waals surface area (Å²) in [5.41, 5.74) is 4.24. The monoisotopic (exact) mass is 250 g/mol. The zero-order valence-electron chi connectivity index (χ0n) is 10.5. The Hall–Kier alpha value is -2.35. The van der Waals surface area contributed by atoms with E-state index in [1.54, 1.807) is 0 Å². The Morgan fingerprint density at radius 1 is 0.947 bits per heavy atom. The van der Waals surface area contributed by atoms with E-state index in [1.165, 1.54) is 11.1 Å². The smallest absolute Gasteiger partial charge is 0.334 e. The van der Waals surface area contributed by atoms with E-state index in [0.29, 0.717) is 13.0 Å². The maximum absolute atomic E-state index is 11.4. The highest BCUT2D eigenvalue weighted by atomic mass is 16.5. The molecule has 0 atom stereocenters. The topological polar surface area (TPSA) is 26.3 Å². The van der Waals surface area contributed by atoms with Crippen LogP contribution in [-0.4, -0.2) is 12.6 Å². The quantitative estimate of drug-likeness (QED) is 0.781. The standard InChI is InChI=1S/C17H14O2/c18-17-16(9-10-19-17)12-13-5-4-8-15(11-13)14-6-2-1-3-7-14/h1-9,11H,10,12H2. The van der Waals surface area contributed by atoms with Crippen LogP contribution in [0.2, 0.25) is 0 Å². The van der Waals surface area contributed by atoms with Crippen molar-refractivity contribution in [3.63, 3.8) is 0 Å². The highest BCUT2D eigenvalue weighted by molar-refractivity contribution is 5.90. The van der Waals surface area contributed by atoms with Gasteiger partial charge in [0, 0.05) is 12.0 Å². The van der Waals surface area contributed by atoms with E-state index in [2.05, 4.69) is 24.3 Å². The number of rotatable bonds is 3. The van der Waals surface area contributed by atoms with Gasteiger partial charge in [0.1, 0.15) is 6.61 Å². The van der Waals surface area contributed by atoms with Gasteiger partial charge in [-0.25, -0.2) is 4.79 Å². The van der Waals surface area contributed by atoms with E-state index in [4.69, 9.17) is 4.74 Å². The molecule has 1 heterocycles. The van der Waals surface area contributed by atoms with Gasteiger partial charge in [-0.05, 0) is 22.8 Å². The summed E-state index contributed by atoms with van der Waals surface area (Å²) < 4.78 is 4.92. The van der Waals surface area contributed by atoms with Crippen molar-refractivity contribution in [3.8, 4) is 11.1 Å². The molecular formula is C17H14O2. The van der Waals surface area contributed by atoms with E-state index in [9.17, 15) is 4.79 Å². The summed E-state index contributed by atoms with van der Waals surface area (Å²) in [7, 11) is 0. The number of esters is 1. The van der Waals surface area contributed by atoms with Crippen molar-refractivity contribution in [1.82, 2.24) is 0 Å². The number of carbonyl (C=O) groups excluding carboxylic acids is 1. The second-order valence-corrected chi connectivity index (χ2v) is 4.57. The third-order valence-electron chi connectivity index (χ3n) is 3.24. The Bertz CT molecular complexity index is 627. The van der Waals surface area contributed by atoms with Crippen LogP contribution in [0.25, 0.3) is 11.1 Å². The lowest BCUT2D eigenvalue weighted by Crippen LogP contribution is -2.02. The number of carbonyl (C=O) groups is 1. The van der Waals surface area contributed by atoms with E-state index in [-0.39, 0.29) is 5.97 Å². The van der Waals surface area contributed by atoms with E-state index in [0.717, 1.165) is 11.1 Å². The summed E-state index contributed by atoms with van der Waals surface area (Å²) in [6, 6.07) is 18.5. The van der Waals surface area contributed by atoms with Crippen molar-refractivity contribution in [2.45, 2.75) is 6.42 Å². The Labute approximate surface area is 112 Å². The molecule has 0 aliphatic carbocycles. The van der Waals surface area contributed by atoms with Crippen molar-refractivity contribution in [1.29, 1.82) is 0 Å². The molecule has 0 radical (unpaired) electrons. The number of benzene rings is 2. The normalized spacial score (nSPS) is 14.1. The van der Waals surface area contributed by atoms with Crippen LogP contribution >= 0.6 is 0 Å². The van der Waals surface area contributed by atoms with Crippen molar-refractivity contribution in [2.24, 2.45) is 0 Å². The molecule has 0 N–H and O–H groups in total. The maximum Gasteiger partial charge on any atom is 0.334 e. The lowest BCUT2D eigenvalue weighted by Gasteiger charge is -2.05. The molecule has 2 aromatic carbocycles. The summed E-state index contributed by atoms with van der Waals surface area (Å²) in [6.45, 7) is 0.409. The van der Waals surface area contributed by atoms with E-state index < -0.39 is 0 Å². The molecule has 0 amide bonds. The zero-order chi connectivity index (χ0) is 13.1. The summed E-state index contributed by atoms with van der Waals surface area (Å²) in [4.78, 5) is 11.4. The number of hydrogen-bond acceptors (Lipinski definition) is 2. The molecule has 2 heteroatoms. The summed E-state index contributed by atoms with van der Waals surface area (Å²) in [5.74, 6) is -0.190. The predicted molar refractivity (Wildman–Crippen MR) is 74.6 cm³/mol. The van der Waals surface area contributed by atoms with Gasteiger partial charge in [-0.1, -0.05) is 54.6 Å². The minimum absolute atomic E-state index is 0.190. The second kappa shape index (κ2) is 5.11. The van der Waals surface area contributed by atoms with Crippen molar-refractivity contribution >= 4 is 5.97 Å². The van der Waals surface area contributed by atoms with Gasteiger partial charge in [0.25, 0.3) is 0 Å². The Morgan fingerprint density at radius 2 is 1.74 bits per heavy atom. The number of cyclic esters (lactones) is 1. The van der Waals surface area contributed by atoms with Gasteiger partial charge in [0.2, 0.25) is 0 Å². The molecule has 19 heavy (non-hydrogen) atoms. The van der Waals surface area contributed by atoms with Crippen LogP contribution in [0.15, 0.2) is 66.2 Å². The van der Waals surface area contributed by atoms with Gasteiger partial charge < -0.3 is 4.74 Å². The summed E-state index contributed by atoms with van der Waals surface area (Å²) in [6.07, 6.45) is 2.50. The fourth-order valence-electron chi connectivity index (χ4n) is 2.25. The van der Waals surface area contributed by atoms with Crippen LogP contribution in [-0.2, 0) is 16.0 Å². The first-order valence-electron chi connectivity index (χ1n) is 6.33. The van der Waals surface area contributed by atoms with Crippen LogP contribution in [0.4, 0.5) is 0 Å². The third-order valence-corrected chi connectivity index (χ3v) is 3.24. The average Bonchev–Trinajstić information content (AvgIpc) is 2.86. The highest BCUT2D eigenvalue weighted by Crippen LogP contribution is 2.22. The first-order chi connectivity index (χ1) is 9.33. The number of ether oxygens (including phenoxy) is 1. The Morgan fingerprint density at radius 3 is 2.47 bits per heavy atom. The van der Waals surface area contributed by atoms with Crippen molar-refractivity contribution in [3.05, 3.63) is 71.8 Å². The molecule has 1 aliphatic rings. The van der Waals surface area contributed by atoms with E-state index in [1.807, 2.05) is 36.4 Å². The summed E-state index contributed by atoms with van der Waals surface area (Å²) >= 11 is 0. The Kier molecular flexibility index (Phi) is 3.15. The molecule has 0 spiro atoms. The van der Waals surface area contributed by atoms with Crippen LogP contribution in [0.1, 0.15) is 5.56 Å². The zero-order valence-corrected chi connectivity index (χ0v) is 10.5. The molecule has 0 unspecified atom stereocenters. The van der Waals surface area contributed by atoms with Crippen LogP contribution < -0.4 is 0 Å². The molecule has 0 fully saturated rings. The predicted octanol–water partition coefficient (Wildman–Crippen LogP) is 3.38. The first kappa shape index (κ1) is 11.7. The molecule has 1 aliphatic heterocycles. The van der Waals surface area contributed by atoms with Gasteiger partial charge in [-0.2, -0.15) is 0 Å². The molecule has 0 aromatic heterocycles. The van der Waals surface area contributed by atoms with Crippen LogP contribution in [0, 0.1) is 0 Å². The molecule has 2 nitrogen and oxygen atoms in total. The lowest BCUT2D eigenvalue weighted by atomic mass is 9.99. The minimum Gasteiger partial charge on any atom is -0.458 e. The molecule has 0 saturated heterocycles. The second-order valence-electron chi connectivity index (χ2n) is 4.57. The van der Waals surface area contributed by atoms with Gasteiger partial charge in [0.15, 0.2) is 0 Å².